The van der Waals surface area contributed by atoms with E-state index in [1.54, 1.807) is 11.8 Å². The highest BCUT2D eigenvalue weighted by Crippen LogP contribution is 2.44. The number of hydrogen-bond donors (Lipinski definition) is 1. The van der Waals surface area contributed by atoms with Crippen LogP contribution in [0.2, 0.25) is 0 Å². The number of aromatic hydroxyl groups is 1. The third kappa shape index (κ3) is 2.20. The zero-order valence-corrected chi connectivity index (χ0v) is 12.7. The molecule has 0 unspecified atom stereocenters. The van der Waals surface area contributed by atoms with Crippen molar-refractivity contribution in [3.05, 3.63) is 22.3 Å². The van der Waals surface area contributed by atoms with Crippen molar-refractivity contribution in [1.82, 2.24) is 0 Å². The Kier molecular flexibility index (Phi) is 3.54. The largest absolute Gasteiger partial charge is 0.507 e. The van der Waals surface area contributed by atoms with Gasteiger partial charge < -0.3 is 9.84 Å². The molecule has 1 aliphatic heterocycles. The van der Waals surface area contributed by atoms with Gasteiger partial charge >= 0.3 is 0 Å². The van der Waals surface area contributed by atoms with Gasteiger partial charge in [-0.05, 0) is 57.9 Å². The summed E-state index contributed by atoms with van der Waals surface area (Å²) in [5.74, 6) is 2.30. The SMILES string of the molecule is CSCc1c(C)c2c(c(C)c1O)CCC(C)(C)O2. The van der Waals surface area contributed by atoms with E-state index >= 15 is 0 Å². The van der Waals surface area contributed by atoms with Crippen molar-refractivity contribution in [3.8, 4) is 11.5 Å². The van der Waals surface area contributed by atoms with Crippen molar-refractivity contribution in [3.63, 3.8) is 0 Å². The zero-order chi connectivity index (χ0) is 13.5. The Hall–Kier alpha value is -0.830. The second-order valence-corrected chi connectivity index (χ2v) is 6.55. The van der Waals surface area contributed by atoms with E-state index in [1.165, 1.54) is 5.56 Å². The maximum absolute atomic E-state index is 10.3. The average Bonchev–Trinajstić information content (AvgIpc) is 2.31. The number of rotatable bonds is 2. The highest BCUT2D eigenvalue weighted by atomic mass is 32.2. The number of fused-ring (bicyclic) bond motifs is 1. The van der Waals surface area contributed by atoms with E-state index in [2.05, 4.69) is 27.0 Å². The fourth-order valence-electron chi connectivity index (χ4n) is 2.59. The number of benzene rings is 1. The molecule has 0 atom stereocenters. The molecule has 1 aromatic carbocycles. The minimum absolute atomic E-state index is 0.0994. The Balaban J connectivity index is 2.60. The molecule has 1 aromatic rings. The van der Waals surface area contributed by atoms with Crippen molar-refractivity contribution < 1.29 is 9.84 Å². The predicted molar refractivity (Wildman–Crippen MR) is 77.8 cm³/mol. The summed E-state index contributed by atoms with van der Waals surface area (Å²) in [6, 6.07) is 0. The number of thioether (sulfide) groups is 1. The van der Waals surface area contributed by atoms with Gasteiger partial charge in [0.25, 0.3) is 0 Å². The van der Waals surface area contributed by atoms with E-state index in [4.69, 9.17) is 4.74 Å². The van der Waals surface area contributed by atoms with Gasteiger partial charge in [0.15, 0.2) is 0 Å². The Morgan fingerprint density at radius 1 is 1.28 bits per heavy atom. The molecule has 2 rings (SSSR count). The van der Waals surface area contributed by atoms with Crippen LogP contribution < -0.4 is 4.74 Å². The molecule has 3 heteroatoms. The second kappa shape index (κ2) is 4.69. The first-order valence-electron chi connectivity index (χ1n) is 6.39. The van der Waals surface area contributed by atoms with Gasteiger partial charge in [0.1, 0.15) is 17.1 Å². The summed E-state index contributed by atoms with van der Waals surface area (Å²) in [6.07, 6.45) is 4.04. The monoisotopic (exact) mass is 266 g/mol. The Morgan fingerprint density at radius 2 is 1.94 bits per heavy atom. The molecule has 2 nitrogen and oxygen atoms in total. The fraction of sp³-hybridized carbons (Fsp3) is 0.600. The summed E-state index contributed by atoms with van der Waals surface area (Å²) in [5, 5.41) is 10.3. The Morgan fingerprint density at radius 3 is 2.56 bits per heavy atom. The van der Waals surface area contributed by atoms with Crippen LogP contribution in [0, 0.1) is 13.8 Å². The van der Waals surface area contributed by atoms with E-state index in [0.29, 0.717) is 5.75 Å². The van der Waals surface area contributed by atoms with Crippen LogP contribution in [-0.2, 0) is 12.2 Å². The van der Waals surface area contributed by atoms with Crippen LogP contribution in [0.3, 0.4) is 0 Å². The molecule has 1 aliphatic rings. The van der Waals surface area contributed by atoms with Gasteiger partial charge in [-0.1, -0.05) is 0 Å². The zero-order valence-electron chi connectivity index (χ0n) is 11.9. The molecule has 0 radical (unpaired) electrons. The first-order valence-corrected chi connectivity index (χ1v) is 7.78. The van der Waals surface area contributed by atoms with E-state index in [9.17, 15) is 5.11 Å². The van der Waals surface area contributed by atoms with Crippen LogP contribution in [0.1, 0.15) is 42.5 Å². The lowest BCUT2D eigenvalue weighted by molar-refractivity contribution is 0.0831. The molecule has 0 fully saturated rings. The molecule has 0 bridgehead atoms. The van der Waals surface area contributed by atoms with Gasteiger partial charge in [0.05, 0.1) is 0 Å². The first-order chi connectivity index (χ1) is 8.37. The van der Waals surface area contributed by atoms with E-state index in [1.807, 2.05) is 6.92 Å². The van der Waals surface area contributed by atoms with Crippen molar-refractivity contribution in [2.45, 2.75) is 51.9 Å². The Bertz CT molecular complexity index is 478. The summed E-state index contributed by atoms with van der Waals surface area (Å²) >= 11 is 1.73. The quantitative estimate of drug-likeness (QED) is 0.878. The third-order valence-corrected chi connectivity index (χ3v) is 4.38. The summed E-state index contributed by atoms with van der Waals surface area (Å²) in [7, 11) is 0. The van der Waals surface area contributed by atoms with Gasteiger partial charge in [-0.2, -0.15) is 11.8 Å². The van der Waals surface area contributed by atoms with E-state index < -0.39 is 0 Å². The minimum Gasteiger partial charge on any atom is -0.507 e. The summed E-state index contributed by atoms with van der Waals surface area (Å²) < 4.78 is 6.15. The molecule has 0 saturated carbocycles. The first kappa shape index (κ1) is 13.6. The topological polar surface area (TPSA) is 29.5 Å². The highest BCUT2D eigenvalue weighted by molar-refractivity contribution is 7.97. The summed E-state index contributed by atoms with van der Waals surface area (Å²) in [6.45, 7) is 8.32. The molecule has 0 spiro atoms. The maximum Gasteiger partial charge on any atom is 0.127 e. The normalized spacial score (nSPS) is 17.2. The molecule has 1 N–H and O–H groups in total. The third-order valence-electron chi connectivity index (χ3n) is 3.81. The van der Waals surface area contributed by atoms with Crippen LogP contribution in [0.5, 0.6) is 11.5 Å². The van der Waals surface area contributed by atoms with Crippen molar-refractivity contribution in [1.29, 1.82) is 0 Å². The highest BCUT2D eigenvalue weighted by Gasteiger charge is 2.31. The molecule has 0 saturated heterocycles. The average molecular weight is 266 g/mol. The van der Waals surface area contributed by atoms with Crippen LogP contribution in [-0.4, -0.2) is 17.0 Å². The van der Waals surface area contributed by atoms with Gasteiger partial charge in [-0.15, -0.1) is 0 Å². The molecule has 0 aliphatic carbocycles. The standard InChI is InChI=1S/C15H22O2S/c1-9-11-6-7-15(3,4)17-14(11)10(2)12(8-18-5)13(9)16/h16H,6-8H2,1-5H3. The lowest BCUT2D eigenvalue weighted by Crippen LogP contribution is -2.33. The van der Waals surface area contributed by atoms with Gasteiger partial charge in [0, 0.05) is 16.9 Å². The molecule has 100 valence electrons. The van der Waals surface area contributed by atoms with E-state index in [-0.39, 0.29) is 5.60 Å². The van der Waals surface area contributed by atoms with Crippen LogP contribution in [0.25, 0.3) is 0 Å². The number of phenolic OH excluding ortho intramolecular Hbond substituents is 1. The smallest absolute Gasteiger partial charge is 0.127 e. The molecule has 0 aromatic heterocycles. The predicted octanol–water partition coefficient (Wildman–Crippen LogP) is 3.98. The molecule has 1 heterocycles. The second-order valence-electron chi connectivity index (χ2n) is 5.68. The number of phenols is 1. The maximum atomic E-state index is 10.3. The Labute approximate surface area is 114 Å². The lowest BCUT2D eigenvalue weighted by atomic mass is 9.88. The number of ether oxygens (including phenoxy) is 1. The molecule has 0 amide bonds. The summed E-state index contributed by atoms with van der Waals surface area (Å²) in [5.41, 5.74) is 4.22. The van der Waals surface area contributed by atoms with Gasteiger partial charge in [-0.3, -0.25) is 0 Å². The van der Waals surface area contributed by atoms with Crippen LogP contribution >= 0.6 is 11.8 Å². The van der Waals surface area contributed by atoms with Crippen LogP contribution in [0.15, 0.2) is 0 Å². The fourth-order valence-corrected chi connectivity index (χ4v) is 3.24. The van der Waals surface area contributed by atoms with Crippen molar-refractivity contribution in [2.75, 3.05) is 6.26 Å². The van der Waals surface area contributed by atoms with Gasteiger partial charge in [-0.25, -0.2) is 0 Å². The molecular weight excluding hydrogens is 244 g/mol. The number of hydrogen-bond acceptors (Lipinski definition) is 3. The van der Waals surface area contributed by atoms with Crippen molar-refractivity contribution in [2.24, 2.45) is 0 Å². The van der Waals surface area contributed by atoms with E-state index in [0.717, 1.165) is 41.0 Å². The molecular formula is C15H22O2S. The summed E-state index contributed by atoms with van der Waals surface area (Å²) in [4.78, 5) is 0. The van der Waals surface area contributed by atoms with Crippen LogP contribution in [0.4, 0.5) is 0 Å². The lowest BCUT2D eigenvalue weighted by Gasteiger charge is -2.35. The minimum atomic E-state index is -0.0994. The van der Waals surface area contributed by atoms with Crippen molar-refractivity contribution >= 4 is 11.8 Å². The molecule has 18 heavy (non-hydrogen) atoms. The van der Waals surface area contributed by atoms with Gasteiger partial charge in [0.2, 0.25) is 0 Å².